The lowest BCUT2D eigenvalue weighted by Gasteiger charge is -2.31. The quantitative estimate of drug-likeness (QED) is 0.136. The number of fused-ring (bicyclic) bond motifs is 3. The lowest BCUT2D eigenvalue weighted by Crippen LogP contribution is -2.13. The summed E-state index contributed by atoms with van der Waals surface area (Å²) in [5, 5.41) is 2.24. The Morgan fingerprint density at radius 3 is 1.16 bits per heavy atom. The summed E-state index contributed by atoms with van der Waals surface area (Å²) in [6.07, 6.45) is 0. The summed E-state index contributed by atoms with van der Waals surface area (Å²) < 4.78 is 6.64. The largest absolute Gasteiger partial charge is 0.455 e. The number of nitrogens with zero attached hydrogens (tertiary/aromatic N) is 1. The second kappa shape index (κ2) is 17.8. The van der Waals surface area contributed by atoms with Crippen molar-refractivity contribution in [3.05, 3.63) is 273 Å². The van der Waals surface area contributed by atoms with Gasteiger partial charge in [0, 0.05) is 33.2 Å². The summed E-state index contributed by atoms with van der Waals surface area (Å²) in [4.78, 5) is 2.45. The van der Waals surface area contributed by atoms with Crippen molar-refractivity contribution < 1.29 is 4.42 Å². The highest BCUT2D eigenvalue weighted by molar-refractivity contribution is 6.11. The van der Waals surface area contributed by atoms with Crippen molar-refractivity contribution in [3.8, 4) is 77.9 Å². The standard InChI is InChI=1S/C66H45NO/c1-6-19-46(20-7-1)53-36-41-63(60(43-53)50-25-12-4-13-26-50)67(64-42-37-54(47-21-8-2-9-22-47)44-61(64)51-27-14-5-15-28-51)55-38-33-48(34-39-55)52-35-40-56(49-23-10-3-11-24-49)62(45-52)59-31-18-30-58-57-29-16-17-32-65(57)68-66(58)59/h1-45H. The van der Waals surface area contributed by atoms with Gasteiger partial charge >= 0.3 is 0 Å². The van der Waals surface area contributed by atoms with Crippen molar-refractivity contribution in [3.63, 3.8) is 0 Å². The molecule has 0 aliphatic carbocycles. The van der Waals surface area contributed by atoms with Crippen LogP contribution < -0.4 is 4.90 Å². The maximum atomic E-state index is 6.64. The molecule has 0 amide bonds. The van der Waals surface area contributed by atoms with Crippen molar-refractivity contribution in [2.45, 2.75) is 0 Å². The second-order valence-electron chi connectivity index (χ2n) is 17.2. The number of anilines is 3. The molecule has 0 radical (unpaired) electrons. The Bertz CT molecular complexity index is 3570. The number of rotatable bonds is 10. The van der Waals surface area contributed by atoms with E-state index in [0.717, 1.165) is 94.6 Å². The van der Waals surface area contributed by atoms with Crippen molar-refractivity contribution in [1.29, 1.82) is 0 Å². The third-order valence-corrected chi connectivity index (χ3v) is 13.1. The molecule has 1 heterocycles. The van der Waals surface area contributed by atoms with Crippen LogP contribution in [0.1, 0.15) is 0 Å². The Labute approximate surface area is 397 Å². The van der Waals surface area contributed by atoms with E-state index in [1.807, 2.05) is 6.07 Å². The molecule has 0 saturated heterocycles. The van der Waals surface area contributed by atoms with Gasteiger partial charge in [-0.15, -0.1) is 0 Å². The minimum atomic E-state index is 0.891. The highest BCUT2D eigenvalue weighted by Gasteiger charge is 2.23. The van der Waals surface area contributed by atoms with Gasteiger partial charge in [0.15, 0.2) is 0 Å². The van der Waals surface area contributed by atoms with Crippen LogP contribution in [0.4, 0.5) is 17.1 Å². The molecular weight excluding hydrogens is 823 g/mol. The van der Waals surface area contributed by atoms with Gasteiger partial charge in [0.25, 0.3) is 0 Å². The summed E-state index contributed by atoms with van der Waals surface area (Å²) in [7, 11) is 0. The van der Waals surface area contributed by atoms with Gasteiger partial charge in [0.1, 0.15) is 11.2 Å². The zero-order valence-corrected chi connectivity index (χ0v) is 37.3. The number of hydrogen-bond donors (Lipinski definition) is 0. The van der Waals surface area contributed by atoms with Crippen molar-refractivity contribution in [2.24, 2.45) is 0 Å². The van der Waals surface area contributed by atoms with Crippen LogP contribution >= 0.6 is 0 Å². The van der Waals surface area contributed by atoms with Crippen LogP contribution in [-0.4, -0.2) is 0 Å². The molecule has 2 heteroatoms. The second-order valence-corrected chi connectivity index (χ2v) is 17.2. The van der Waals surface area contributed by atoms with Crippen LogP contribution in [0.2, 0.25) is 0 Å². The molecule has 0 spiro atoms. The Hall–Kier alpha value is -8.98. The zero-order chi connectivity index (χ0) is 45.2. The van der Waals surface area contributed by atoms with E-state index in [1.54, 1.807) is 0 Å². The Morgan fingerprint density at radius 2 is 0.632 bits per heavy atom. The molecule has 11 aromatic carbocycles. The average molecular weight is 868 g/mol. The molecule has 68 heavy (non-hydrogen) atoms. The monoisotopic (exact) mass is 867 g/mol. The van der Waals surface area contributed by atoms with E-state index >= 15 is 0 Å². The lowest BCUT2D eigenvalue weighted by atomic mass is 9.90. The fourth-order valence-electron chi connectivity index (χ4n) is 9.77. The molecule has 0 unspecified atom stereocenters. The van der Waals surface area contributed by atoms with Gasteiger partial charge in [0.2, 0.25) is 0 Å². The van der Waals surface area contributed by atoms with Gasteiger partial charge in [-0.2, -0.15) is 0 Å². The SMILES string of the molecule is c1ccc(-c2ccc(N(c3ccc(-c4ccc(-c5ccccc5)c(-c5cccc6c5oc5ccccc56)c4)cc3)c3ccc(-c4ccccc4)cc3-c3ccccc3)c(-c3ccccc3)c2)cc1. The maximum Gasteiger partial charge on any atom is 0.143 e. The van der Waals surface area contributed by atoms with Gasteiger partial charge in [-0.25, -0.2) is 0 Å². The van der Waals surface area contributed by atoms with Crippen LogP contribution in [0.5, 0.6) is 0 Å². The molecule has 320 valence electrons. The predicted octanol–water partition coefficient (Wildman–Crippen LogP) is 18.7. The molecule has 0 atom stereocenters. The van der Waals surface area contributed by atoms with Gasteiger partial charge in [-0.05, 0) is 110 Å². The first-order valence-electron chi connectivity index (χ1n) is 23.2. The third-order valence-electron chi connectivity index (χ3n) is 13.1. The molecular formula is C66H45NO. The Kier molecular flexibility index (Phi) is 10.6. The van der Waals surface area contributed by atoms with Crippen molar-refractivity contribution in [2.75, 3.05) is 4.90 Å². The molecule has 0 saturated carbocycles. The summed E-state index contributed by atoms with van der Waals surface area (Å²) in [5.74, 6) is 0. The van der Waals surface area contributed by atoms with Gasteiger partial charge in [0.05, 0.1) is 11.4 Å². The first kappa shape index (κ1) is 40.5. The van der Waals surface area contributed by atoms with Crippen LogP contribution in [0.15, 0.2) is 277 Å². The van der Waals surface area contributed by atoms with E-state index in [9.17, 15) is 0 Å². The molecule has 0 aliphatic heterocycles. The highest BCUT2D eigenvalue weighted by Crippen LogP contribution is 2.48. The molecule has 0 bridgehead atoms. The molecule has 0 fully saturated rings. The number of furan rings is 1. The van der Waals surface area contributed by atoms with Crippen LogP contribution in [0.25, 0.3) is 99.8 Å². The smallest absolute Gasteiger partial charge is 0.143 e. The van der Waals surface area contributed by atoms with Crippen molar-refractivity contribution >= 4 is 39.0 Å². The zero-order valence-electron chi connectivity index (χ0n) is 37.3. The van der Waals surface area contributed by atoms with Crippen LogP contribution in [-0.2, 0) is 0 Å². The number of benzene rings is 11. The van der Waals surface area contributed by atoms with E-state index < -0.39 is 0 Å². The number of hydrogen-bond acceptors (Lipinski definition) is 2. The molecule has 12 aromatic rings. The number of para-hydroxylation sites is 2. The summed E-state index contributed by atoms with van der Waals surface area (Å²) in [6.45, 7) is 0. The molecule has 1 aromatic heterocycles. The minimum absolute atomic E-state index is 0.891. The van der Waals surface area contributed by atoms with Crippen LogP contribution in [0, 0.1) is 0 Å². The van der Waals surface area contributed by atoms with Gasteiger partial charge in [-0.3, -0.25) is 0 Å². The lowest BCUT2D eigenvalue weighted by molar-refractivity contribution is 0.670. The van der Waals surface area contributed by atoms with E-state index in [4.69, 9.17) is 4.42 Å². The fraction of sp³-hybridized carbons (Fsp3) is 0. The van der Waals surface area contributed by atoms with E-state index in [0.29, 0.717) is 0 Å². The topological polar surface area (TPSA) is 16.4 Å². The summed E-state index contributed by atoms with van der Waals surface area (Å²) >= 11 is 0. The molecule has 2 nitrogen and oxygen atoms in total. The molecule has 0 aliphatic rings. The first-order chi connectivity index (χ1) is 33.7. The van der Waals surface area contributed by atoms with Gasteiger partial charge in [-0.1, -0.05) is 224 Å². The van der Waals surface area contributed by atoms with Crippen LogP contribution in [0.3, 0.4) is 0 Å². The van der Waals surface area contributed by atoms with E-state index in [-0.39, 0.29) is 0 Å². The Balaban J connectivity index is 1.05. The predicted molar refractivity (Wildman–Crippen MR) is 286 cm³/mol. The first-order valence-corrected chi connectivity index (χ1v) is 23.2. The minimum Gasteiger partial charge on any atom is -0.455 e. The summed E-state index contributed by atoms with van der Waals surface area (Å²) in [5.41, 5.74) is 21.0. The van der Waals surface area contributed by atoms with E-state index in [2.05, 4.69) is 272 Å². The normalized spacial score (nSPS) is 11.2. The van der Waals surface area contributed by atoms with E-state index in [1.165, 1.54) is 22.3 Å². The molecule has 12 rings (SSSR count). The molecule has 0 N–H and O–H groups in total. The van der Waals surface area contributed by atoms with Crippen molar-refractivity contribution in [1.82, 2.24) is 0 Å². The third kappa shape index (κ3) is 7.64. The maximum absolute atomic E-state index is 6.64. The average Bonchev–Trinajstić information content (AvgIpc) is 3.81. The highest BCUT2D eigenvalue weighted by atomic mass is 16.3. The summed E-state index contributed by atoms with van der Waals surface area (Å²) in [6, 6.07) is 98.1. The Morgan fingerprint density at radius 1 is 0.235 bits per heavy atom. The van der Waals surface area contributed by atoms with Gasteiger partial charge < -0.3 is 9.32 Å². The fourth-order valence-corrected chi connectivity index (χ4v) is 9.77.